The smallest absolute Gasteiger partial charge is 0.119 e. The number of ether oxygens (including phenoxy) is 1. The molecular formula is C11H18N2O. The van der Waals surface area contributed by atoms with Gasteiger partial charge in [0.2, 0.25) is 0 Å². The Balaban J connectivity index is 2.34. The molecule has 78 valence electrons. The van der Waals surface area contributed by atoms with Crippen LogP contribution in [0, 0.1) is 0 Å². The predicted octanol–water partition coefficient (Wildman–Crippen LogP) is 1.13. The van der Waals surface area contributed by atoms with Crippen LogP contribution in [0.1, 0.15) is 12.5 Å². The molecule has 1 aromatic rings. The van der Waals surface area contributed by atoms with Crippen LogP contribution < -0.4 is 15.8 Å². The molecule has 0 fully saturated rings. The van der Waals surface area contributed by atoms with Crippen LogP contribution in [0.3, 0.4) is 0 Å². The summed E-state index contributed by atoms with van der Waals surface area (Å²) in [5, 5.41) is 3.20. The molecule has 0 aliphatic carbocycles. The molecule has 0 aromatic heterocycles. The molecule has 0 atom stereocenters. The first-order valence-electron chi connectivity index (χ1n) is 4.99. The van der Waals surface area contributed by atoms with Gasteiger partial charge >= 0.3 is 0 Å². The van der Waals surface area contributed by atoms with E-state index < -0.39 is 0 Å². The van der Waals surface area contributed by atoms with Crippen LogP contribution >= 0.6 is 0 Å². The van der Waals surface area contributed by atoms with Crippen molar-refractivity contribution in [3.8, 4) is 5.75 Å². The summed E-state index contributed by atoms with van der Waals surface area (Å²) in [6.07, 6.45) is 0. The second kappa shape index (κ2) is 6.40. The molecule has 0 aliphatic rings. The van der Waals surface area contributed by atoms with Crippen LogP contribution in [0.4, 0.5) is 0 Å². The summed E-state index contributed by atoms with van der Waals surface area (Å²) in [5.74, 6) is 0.894. The van der Waals surface area contributed by atoms with E-state index in [0.29, 0.717) is 13.2 Å². The monoisotopic (exact) mass is 194 g/mol. The van der Waals surface area contributed by atoms with Crippen LogP contribution in [-0.2, 0) is 6.54 Å². The third-order valence-electron chi connectivity index (χ3n) is 1.93. The average molecular weight is 194 g/mol. The highest BCUT2D eigenvalue weighted by molar-refractivity contribution is 5.28. The standard InChI is InChI=1S/C11H18N2O/c1-2-13-6-7-14-11-5-3-4-10(8-11)9-12/h3-5,8,13H,2,6-7,9,12H2,1H3. The van der Waals surface area contributed by atoms with Gasteiger partial charge in [0, 0.05) is 13.1 Å². The summed E-state index contributed by atoms with van der Waals surface area (Å²) in [6.45, 7) is 5.19. The molecule has 3 N–H and O–H groups in total. The van der Waals surface area contributed by atoms with E-state index in [2.05, 4.69) is 12.2 Å². The molecule has 0 bridgehead atoms. The van der Waals surface area contributed by atoms with E-state index in [1.807, 2.05) is 24.3 Å². The van der Waals surface area contributed by atoms with Gasteiger partial charge in [-0.3, -0.25) is 0 Å². The first-order chi connectivity index (χ1) is 6.86. The summed E-state index contributed by atoms with van der Waals surface area (Å²) in [4.78, 5) is 0. The van der Waals surface area contributed by atoms with Crippen LogP contribution in [0.25, 0.3) is 0 Å². The van der Waals surface area contributed by atoms with Crippen LogP contribution in [-0.4, -0.2) is 19.7 Å². The van der Waals surface area contributed by atoms with Crippen LogP contribution in [0.2, 0.25) is 0 Å². The van der Waals surface area contributed by atoms with E-state index in [-0.39, 0.29) is 0 Å². The van der Waals surface area contributed by atoms with E-state index in [0.717, 1.165) is 24.4 Å². The predicted molar refractivity (Wildman–Crippen MR) is 58.4 cm³/mol. The molecule has 1 rings (SSSR count). The first-order valence-corrected chi connectivity index (χ1v) is 4.99. The van der Waals surface area contributed by atoms with Crippen molar-refractivity contribution in [2.24, 2.45) is 5.73 Å². The van der Waals surface area contributed by atoms with Gasteiger partial charge in [-0.25, -0.2) is 0 Å². The normalized spacial score (nSPS) is 10.1. The van der Waals surface area contributed by atoms with E-state index in [1.165, 1.54) is 0 Å². The number of benzene rings is 1. The lowest BCUT2D eigenvalue weighted by Crippen LogP contribution is -2.20. The maximum Gasteiger partial charge on any atom is 0.119 e. The minimum Gasteiger partial charge on any atom is -0.492 e. The Labute approximate surface area is 85.3 Å². The van der Waals surface area contributed by atoms with Crippen molar-refractivity contribution in [3.63, 3.8) is 0 Å². The Morgan fingerprint density at radius 1 is 1.43 bits per heavy atom. The summed E-state index contributed by atoms with van der Waals surface area (Å²) >= 11 is 0. The zero-order valence-electron chi connectivity index (χ0n) is 8.62. The van der Waals surface area contributed by atoms with E-state index in [1.54, 1.807) is 0 Å². The lowest BCUT2D eigenvalue weighted by Gasteiger charge is -2.07. The summed E-state index contributed by atoms with van der Waals surface area (Å²) < 4.78 is 5.53. The molecular weight excluding hydrogens is 176 g/mol. The largest absolute Gasteiger partial charge is 0.492 e. The van der Waals surface area contributed by atoms with Gasteiger partial charge in [-0.2, -0.15) is 0 Å². The summed E-state index contributed by atoms with van der Waals surface area (Å²) in [6, 6.07) is 7.89. The lowest BCUT2D eigenvalue weighted by molar-refractivity contribution is 0.315. The van der Waals surface area contributed by atoms with Crippen molar-refractivity contribution < 1.29 is 4.74 Å². The third-order valence-corrected chi connectivity index (χ3v) is 1.93. The fraction of sp³-hybridized carbons (Fsp3) is 0.455. The number of nitrogens with two attached hydrogens (primary N) is 1. The van der Waals surface area contributed by atoms with Crippen molar-refractivity contribution in [2.75, 3.05) is 19.7 Å². The van der Waals surface area contributed by atoms with Gasteiger partial charge in [-0.1, -0.05) is 19.1 Å². The topological polar surface area (TPSA) is 47.3 Å². The van der Waals surface area contributed by atoms with Crippen LogP contribution in [0.5, 0.6) is 5.75 Å². The molecule has 3 heteroatoms. The van der Waals surface area contributed by atoms with Crippen molar-refractivity contribution in [3.05, 3.63) is 29.8 Å². The second-order valence-electron chi connectivity index (χ2n) is 3.05. The number of likely N-dealkylation sites (N-methyl/N-ethyl adjacent to an activating group) is 1. The molecule has 0 saturated carbocycles. The molecule has 0 radical (unpaired) electrons. The SMILES string of the molecule is CCNCCOc1cccc(CN)c1. The molecule has 0 aliphatic heterocycles. The number of hydrogen-bond donors (Lipinski definition) is 2. The molecule has 0 spiro atoms. The van der Waals surface area contributed by atoms with E-state index in [9.17, 15) is 0 Å². The molecule has 3 nitrogen and oxygen atoms in total. The highest BCUT2D eigenvalue weighted by atomic mass is 16.5. The van der Waals surface area contributed by atoms with E-state index in [4.69, 9.17) is 10.5 Å². The Morgan fingerprint density at radius 3 is 3.00 bits per heavy atom. The highest BCUT2D eigenvalue weighted by Crippen LogP contribution is 2.12. The first kappa shape index (κ1) is 11.0. The van der Waals surface area contributed by atoms with Gasteiger partial charge < -0.3 is 15.8 Å². The molecule has 0 heterocycles. The maximum absolute atomic E-state index is 5.53. The molecule has 14 heavy (non-hydrogen) atoms. The average Bonchev–Trinajstić information content (AvgIpc) is 2.25. The second-order valence-corrected chi connectivity index (χ2v) is 3.05. The van der Waals surface area contributed by atoms with E-state index >= 15 is 0 Å². The van der Waals surface area contributed by atoms with Crippen LogP contribution in [0.15, 0.2) is 24.3 Å². The van der Waals surface area contributed by atoms with Gasteiger partial charge in [-0.15, -0.1) is 0 Å². The zero-order chi connectivity index (χ0) is 10.2. The maximum atomic E-state index is 5.53. The molecule has 0 amide bonds. The minimum atomic E-state index is 0.560. The zero-order valence-corrected chi connectivity index (χ0v) is 8.62. The highest BCUT2D eigenvalue weighted by Gasteiger charge is 1.94. The summed E-state index contributed by atoms with van der Waals surface area (Å²) in [7, 11) is 0. The van der Waals surface area contributed by atoms with Crippen molar-refractivity contribution >= 4 is 0 Å². The third kappa shape index (κ3) is 3.77. The molecule has 0 unspecified atom stereocenters. The Bertz CT molecular complexity index is 263. The van der Waals surface area contributed by atoms with Gasteiger partial charge in [0.1, 0.15) is 12.4 Å². The fourth-order valence-electron chi connectivity index (χ4n) is 1.18. The Morgan fingerprint density at radius 2 is 2.29 bits per heavy atom. The van der Waals surface area contributed by atoms with Gasteiger partial charge in [0.05, 0.1) is 0 Å². The van der Waals surface area contributed by atoms with Gasteiger partial charge in [0.15, 0.2) is 0 Å². The lowest BCUT2D eigenvalue weighted by atomic mass is 10.2. The number of hydrogen-bond acceptors (Lipinski definition) is 3. The van der Waals surface area contributed by atoms with Crippen molar-refractivity contribution in [1.29, 1.82) is 0 Å². The number of nitrogens with one attached hydrogen (secondary N) is 1. The number of rotatable bonds is 6. The van der Waals surface area contributed by atoms with Gasteiger partial charge in [-0.05, 0) is 24.2 Å². The summed E-state index contributed by atoms with van der Waals surface area (Å²) in [5.41, 5.74) is 6.63. The Hall–Kier alpha value is -1.06. The van der Waals surface area contributed by atoms with Crippen molar-refractivity contribution in [1.82, 2.24) is 5.32 Å². The van der Waals surface area contributed by atoms with Gasteiger partial charge in [0.25, 0.3) is 0 Å². The Kier molecular flexibility index (Phi) is 5.04. The fourth-order valence-corrected chi connectivity index (χ4v) is 1.18. The molecule has 1 aromatic carbocycles. The quantitative estimate of drug-likeness (QED) is 0.667. The molecule has 0 saturated heterocycles. The minimum absolute atomic E-state index is 0.560. The van der Waals surface area contributed by atoms with Crippen molar-refractivity contribution in [2.45, 2.75) is 13.5 Å².